The Kier molecular flexibility index (Phi) is 5.57. The number of anilines is 1. The summed E-state index contributed by atoms with van der Waals surface area (Å²) < 4.78 is 30.3. The molecule has 7 nitrogen and oxygen atoms in total. The van der Waals surface area contributed by atoms with Gasteiger partial charge < -0.3 is 9.88 Å². The summed E-state index contributed by atoms with van der Waals surface area (Å²) in [4.78, 5) is 24.1. The number of nitrogens with one attached hydrogen (secondary N) is 2. The first kappa shape index (κ1) is 20.1. The molecule has 0 aliphatic rings. The van der Waals surface area contributed by atoms with Gasteiger partial charge in [-0.25, -0.2) is 8.42 Å². The monoisotopic (exact) mass is 419 g/mol. The maximum atomic E-state index is 12.9. The fourth-order valence-corrected chi connectivity index (χ4v) is 4.76. The average molecular weight is 420 g/mol. The predicted molar refractivity (Wildman–Crippen MR) is 112 cm³/mol. The number of benzene rings is 2. The van der Waals surface area contributed by atoms with E-state index in [9.17, 15) is 18.0 Å². The summed E-state index contributed by atoms with van der Waals surface area (Å²) in [6.45, 7) is 3.83. The van der Waals surface area contributed by atoms with Crippen LogP contribution in [0.5, 0.6) is 0 Å². The van der Waals surface area contributed by atoms with Crippen LogP contribution >= 0.6 is 11.3 Å². The lowest BCUT2D eigenvalue weighted by molar-refractivity contribution is 0.0940. The van der Waals surface area contributed by atoms with Crippen molar-refractivity contribution in [2.75, 3.05) is 4.72 Å². The van der Waals surface area contributed by atoms with E-state index >= 15 is 0 Å². The molecule has 0 radical (unpaired) electrons. The van der Waals surface area contributed by atoms with Crippen molar-refractivity contribution in [3.8, 4) is 0 Å². The minimum absolute atomic E-state index is 0.0268. The van der Waals surface area contributed by atoms with Crippen LogP contribution in [0.4, 0.5) is 5.69 Å². The van der Waals surface area contributed by atoms with E-state index in [2.05, 4.69) is 10.0 Å². The number of carbonyl (C=O) groups excluding carboxylic acids is 1. The number of nitrogens with zero attached hydrogens (tertiary/aromatic N) is 1. The zero-order chi connectivity index (χ0) is 20.5. The van der Waals surface area contributed by atoms with Crippen LogP contribution < -0.4 is 14.9 Å². The summed E-state index contributed by atoms with van der Waals surface area (Å²) in [6.07, 6.45) is 0.763. The molecule has 2 aromatic carbocycles. The van der Waals surface area contributed by atoms with E-state index in [0.29, 0.717) is 10.2 Å². The molecular weight excluding hydrogens is 398 g/mol. The molecule has 0 saturated heterocycles. The van der Waals surface area contributed by atoms with E-state index in [1.165, 1.54) is 16.7 Å². The highest BCUT2D eigenvalue weighted by atomic mass is 32.2. The minimum Gasteiger partial charge on any atom is -0.350 e. The first-order valence-corrected chi connectivity index (χ1v) is 11.0. The fraction of sp³-hybridized carbons (Fsp3) is 0.263. The highest BCUT2D eigenvalue weighted by molar-refractivity contribution is 7.92. The molecule has 0 saturated carbocycles. The van der Waals surface area contributed by atoms with Crippen LogP contribution in [0.25, 0.3) is 10.2 Å². The summed E-state index contributed by atoms with van der Waals surface area (Å²) in [7, 11) is -2.29. The largest absolute Gasteiger partial charge is 0.350 e. The second-order valence-electron chi connectivity index (χ2n) is 6.49. The van der Waals surface area contributed by atoms with Crippen molar-refractivity contribution in [2.45, 2.75) is 31.2 Å². The van der Waals surface area contributed by atoms with Crippen LogP contribution in [0, 0.1) is 0 Å². The number of para-hydroxylation sites is 1. The average Bonchev–Trinajstić information content (AvgIpc) is 2.95. The number of amides is 1. The van der Waals surface area contributed by atoms with Gasteiger partial charge in [-0.05, 0) is 43.7 Å². The summed E-state index contributed by atoms with van der Waals surface area (Å²) in [5.74, 6) is -0.343. The molecule has 0 bridgehead atoms. The molecule has 0 spiro atoms. The van der Waals surface area contributed by atoms with Crippen LogP contribution in [0.2, 0.25) is 0 Å². The van der Waals surface area contributed by atoms with Crippen LogP contribution in [-0.4, -0.2) is 24.9 Å². The molecule has 148 valence electrons. The van der Waals surface area contributed by atoms with Gasteiger partial charge in [-0.3, -0.25) is 14.3 Å². The number of thiazole rings is 1. The Bertz CT molecular complexity index is 1200. The zero-order valence-electron chi connectivity index (χ0n) is 15.7. The topological polar surface area (TPSA) is 97.3 Å². The number of hydrogen-bond donors (Lipinski definition) is 2. The summed E-state index contributed by atoms with van der Waals surface area (Å²) in [5, 5.41) is 2.84. The van der Waals surface area contributed by atoms with Gasteiger partial charge in [0.1, 0.15) is 0 Å². The molecule has 3 rings (SSSR count). The van der Waals surface area contributed by atoms with Crippen LogP contribution in [-0.2, 0) is 17.1 Å². The Labute approximate surface area is 167 Å². The zero-order valence-corrected chi connectivity index (χ0v) is 17.4. The van der Waals surface area contributed by atoms with Crippen molar-refractivity contribution in [3.05, 3.63) is 57.7 Å². The van der Waals surface area contributed by atoms with Crippen LogP contribution in [0.3, 0.4) is 0 Å². The molecule has 2 N–H and O–H groups in total. The van der Waals surface area contributed by atoms with E-state index < -0.39 is 10.0 Å². The van der Waals surface area contributed by atoms with Crippen LogP contribution in [0.1, 0.15) is 30.6 Å². The Hall–Kier alpha value is -2.65. The van der Waals surface area contributed by atoms with Gasteiger partial charge in [0.05, 0.1) is 26.4 Å². The minimum atomic E-state index is -3.93. The Morgan fingerprint density at radius 2 is 1.93 bits per heavy atom. The van der Waals surface area contributed by atoms with Crippen molar-refractivity contribution >= 4 is 43.2 Å². The number of carbonyl (C=O) groups is 1. The summed E-state index contributed by atoms with van der Waals surface area (Å²) >= 11 is 0.984. The van der Waals surface area contributed by atoms with Gasteiger partial charge in [0.25, 0.3) is 15.9 Å². The maximum absolute atomic E-state index is 12.9. The fourth-order valence-electron chi connectivity index (χ4n) is 2.66. The number of aryl methyl sites for hydroxylation is 1. The summed E-state index contributed by atoms with van der Waals surface area (Å²) in [5.41, 5.74) is 1.11. The molecule has 28 heavy (non-hydrogen) atoms. The molecule has 1 aromatic heterocycles. The molecular formula is C19H21N3O4S2. The first-order valence-electron chi connectivity index (χ1n) is 8.75. The van der Waals surface area contributed by atoms with Crippen LogP contribution in [0.15, 0.2) is 52.2 Å². The van der Waals surface area contributed by atoms with E-state index in [1.54, 1.807) is 37.4 Å². The lowest BCUT2D eigenvalue weighted by Gasteiger charge is -2.15. The number of hydrogen-bond acceptors (Lipinski definition) is 5. The SMILES string of the molecule is CC[C@H](C)NC(=O)c1ccccc1NS(=O)(=O)c1ccc2c(c1)sc(=O)n2C. The molecule has 0 aliphatic carbocycles. The Balaban J connectivity index is 1.95. The lowest BCUT2D eigenvalue weighted by Crippen LogP contribution is -2.32. The van der Waals surface area contributed by atoms with Crippen molar-refractivity contribution in [3.63, 3.8) is 0 Å². The lowest BCUT2D eigenvalue weighted by atomic mass is 10.1. The van der Waals surface area contributed by atoms with E-state index in [-0.39, 0.29) is 33.0 Å². The second kappa shape index (κ2) is 7.76. The molecule has 9 heteroatoms. The third kappa shape index (κ3) is 3.95. The van der Waals surface area contributed by atoms with Gasteiger partial charge in [0, 0.05) is 13.1 Å². The molecule has 3 aromatic rings. The quantitative estimate of drug-likeness (QED) is 0.642. The molecule has 1 atom stereocenters. The molecule has 0 fully saturated rings. The van der Waals surface area contributed by atoms with E-state index in [1.807, 2.05) is 13.8 Å². The Morgan fingerprint density at radius 1 is 1.21 bits per heavy atom. The molecule has 0 aliphatic heterocycles. The second-order valence-corrected chi connectivity index (χ2v) is 9.17. The van der Waals surface area contributed by atoms with E-state index in [0.717, 1.165) is 17.8 Å². The van der Waals surface area contributed by atoms with Crippen molar-refractivity contribution in [1.29, 1.82) is 0 Å². The highest BCUT2D eigenvalue weighted by Gasteiger charge is 2.20. The number of fused-ring (bicyclic) bond motifs is 1. The van der Waals surface area contributed by atoms with Gasteiger partial charge in [-0.1, -0.05) is 30.4 Å². The normalized spacial score (nSPS) is 12.7. The highest BCUT2D eigenvalue weighted by Crippen LogP contribution is 2.24. The third-order valence-corrected chi connectivity index (χ3v) is 6.84. The third-order valence-electron chi connectivity index (χ3n) is 4.48. The predicted octanol–water partition coefficient (Wildman–Crippen LogP) is 2.93. The van der Waals surface area contributed by atoms with Gasteiger partial charge >= 0.3 is 4.87 Å². The van der Waals surface area contributed by atoms with Gasteiger partial charge in [-0.15, -0.1) is 0 Å². The molecule has 0 unspecified atom stereocenters. The van der Waals surface area contributed by atoms with Gasteiger partial charge in [-0.2, -0.15) is 0 Å². The molecule has 1 heterocycles. The summed E-state index contributed by atoms with van der Waals surface area (Å²) in [6, 6.07) is 10.9. The standard InChI is InChI=1S/C19H21N3O4S2/c1-4-12(2)20-18(23)14-7-5-6-8-15(14)21-28(25,26)13-9-10-16-17(11-13)27-19(24)22(16)3/h5-12,21H,4H2,1-3H3,(H,20,23)/t12-/m0/s1. The van der Waals surface area contributed by atoms with Gasteiger partial charge in [0.2, 0.25) is 0 Å². The smallest absolute Gasteiger partial charge is 0.307 e. The maximum Gasteiger partial charge on any atom is 0.307 e. The number of sulfonamides is 1. The van der Waals surface area contributed by atoms with Gasteiger partial charge in [0.15, 0.2) is 0 Å². The Morgan fingerprint density at radius 3 is 2.64 bits per heavy atom. The number of aromatic nitrogens is 1. The van der Waals surface area contributed by atoms with Crippen molar-refractivity contribution < 1.29 is 13.2 Å². The number of rotatable bonds is 6. The van der Waals surface area contributed by atoms with Crippen molar-refractivity contribution in [1.82, 2.24) is 9.88 Å². The molecule has 1 amide bonds. The van der Waals surface area contributed by atoms with E-state index in [4.69, 9.17) is 0 Å². The van der Waals surface area contributed by atoms with Crippen molar-refractivity contribution in [2.24, 2.45) is 7.05 Å². The first-order chi connectivity index (χ1) is 13.2.